The SMILES string of the molecule is CN=C(NN)C1COc2ccccc2O1. The third kappa shape index (κ3) is 1.87. The first-order valence-electron chi connectivity index (χ1n) is 4.67. The van der Waals surface area contributed by atoms with Gasteiger partial charge < -0.3 is 14.9 Å². The van der Waals surface area contributed by atoms with Crippen LogP contribution in [0.4, 0.5) is 0 Å². The minimum absolute atomic E-state index is 0.269. The number of hydrazine groups is 1. The smallest absolute Gasteiger partial charge is 0.190 e. The van der Waals surface area contributed by atoms with E-state index in [9.17, 15) is 0 Å². The average molecular weight is 207 g/mol. The fraction of sp³-hybridized carbons (Fsp3) is 0.300. The lowest BCUT2D eigenvalue weighted by Gasteiger charge is -2.26. The Morgan fingerprint density at radius 3 is 2.87 bits per heavy atom. The summed E-state index contributed by atoms with van der Waals surface area (Å²) in [5, 5.41) is 0. The van der Waals surface area contributed by atoms with Crippen molar-refractivity contribution in [2.75, 3.05) is 13.7 Å². The molecule has 0 aliphatic carbocycles. The molecule has 0 saturated carbocycles. The molecule has 0 bridgehead atoms. The Balaban J connectivity index is 2.18. The van der Waals surface area contributed by atoms with Crippen LogP contribution in [-0.4, -0.2) is 25.6 Å². The molecule has 15 heavy (non-hydrogen) atoms. The molecule has 1 heterocycles. The molecule has 0 aromatic heterocycles. The van der Waals surface area contributed by atoms with Crippen molar-refractivity contribution >= 4 is 5.84 Å². The number of hydrogen-bond donors (Lipinski definition) is 2. The molecule has 0 radical (unpaired) electrons. The summed E-state index contributed by atoms with van der Waals surface area (Å²) in [5.74, 6) is 7.36. The summed E-state index contributed by atoms with van der Waals surface area (Å²) in [6.45, 7) is 0.411. The topological polar surface area (TPSA) is 68.9 Å². The van der Waals surface area contributed by atoms with E-state index in [1.54, 1.807) is 7.05 Å². The minimum atomic E-state index is -0.269. The van der Waals surface area contributed by atoms with Crippen LogP contribution in [0.5, 0.6) is 11.5 Å². The standard InChI is InChI=1S/C10H13N3O2/c1-12-10(13-11)9-6-14-7-4-2-3-5-8(7)15-9/h2-5,9H,6,11H2,1H3,(H,12,13). The number of fused-ring (bicyclic) bond motifs is 1. The predicted octanol–water partition coefficient (Wildman–Crippen LogP) is 0.318. The average Bonchev–Trinajstić information content (AvgIpc) is 2.30. The first-order valence-corrected chi connectivity index (χ1v) is 4.67. The van der Waals surface area contributed by atoms with Crippen molar-refractivity contribution < 1.29 is 9.47 Å². The maximum Gasteiger partial charge on any atom is 0.190 e. The fourth-order valence-electron chi connectivity index (χ4n) is 1.46. The van der Waals surface area contributed by atoms with Crippen LogP contribution in [0.3, 0.4) is 0 Å². The Bertz CT molecular complexity index is 379. The first kappa shape index (κ1) is 9.79. The molecule has 1 aliphatic rings. The number of nitrogens with zero attached hydrogens (tertiary/aromatic N) is 1. The van der Waals surface area contributed by atoms with Gasteiger partial charge in [-0.3, -0.25) is 4.99 Å². The number of nitrogens with one attached hydrogen (secondary N) is 1. The second-order valence-corrected chi connectivity index (χ2v) is 3.12. The van der Waals surface area contributed by atoms with Crippen LogP contribution < -0.4 is 20.7 Å². The van der Waals surface area contributed by atoms with Crippen LogP contribution in [0, 0.1) is 0 Å². The van der Waals surface area contributed by atoms with E-state index in [1.165, 1.54) is 0 Å². The maximum atomic E-state index is 5.68. The summed E-state index contributed by atoms with van der Waals surface area (Å²) in [6, 6.07) is 7.51. The van der Waals surface area contributed by atoms with Crippen molar-refractivity contribution in [2.45, 2.75) is 6.10 Å². The van der Waals surface area contributed by atoms with Gasteiger partial charge in [0.1, 0.15) is 6.61 Å². The summed E-state index contributed by atoms with van der Waals surface area (Å²) in [4.78, 5) is 3.98. The zero-order valence-electron chi connectivity index (χ0n) is 8.43. The van der Waals surface area contributed by atoms with Crippen molar-refractivity contribution in [1.29, 1.82) is 0 Å². The number of nitrogens with two attached hydrogens (primary N) is 1. The molecule has 2 rings (SSSR count). The second-order valence-electron chi connectivity index (χ2n) is 3.12. The van der Waals surface area contributed by atoms with Crippen LogP contribution in [0.15, 0.2) is 29.3 Å². The second kappa shape index (κ2) is 4.18. The zero-order valence-corrected chi connectivity index (χ0v) is 8.43. The van der Waals surface area contributed by atoms with E-state index < -0.39 is 0 Å². The molecule has 1 unspecified atom stereocenters. The summed E-state index contributed by atoms with van der Waals surface area (Å²) in [7, 11) is 1.65. The van der Waals surface area contributed by atoms with Gasteiger partial charge in [0.15, 0.2) is 23.4 Å². The van der Waals surface area contributed by atoms with Gasteiger partial charge in [-0.25, -0.2) is 5.84 Å². The molecule has 1 atom stereocenters. The van der Waals surface area contributed by atoms with Crippen molar-refractivity contribution in [3.63, 3.8) is 0 Å². The fourth-order valence-corrected chi connectivity index (χ4v) is 1.46. The third-order valence-corrected chi connectivity index (χ3v) is 2.20. The van der Waals surface area contributed by atoms with Crippen LogP contribution in [-0.2, 0) is 0 Å². The molecular weight excluding hydrogens is 194 g/mol. The zero-order chi connectivity index (χ0) is 10.7. The van der Waals surface area contributed by atoms with Gasteiger partial charge in [0.05, 0.1) is 0 Å². The highest BCUT2D eigenvalue weighted by molar-refractivity contribution is 5.86. The number of amidine groups is 1. The van der Waals surface area contributed by atoms with Crippen molar-refractivity contribution in [3.8, 4) is 11.5 Å². The lowest BCUT2D eigenvalue weighted by atomic mass is 10.2. The van der Waals surface area contributed by atoms with Crippen molar-refractivity contribution in [1.82, 2.24) is 5.43 Å². The van der Waals surface area contributed by atoms with Gasteiger partial charge in [0.25, 0.3) is 0 Å². The quantitative estimate of drug-likeness (QED) is 0.301. The van der Waals surface area contributed by atoms with E-state index in [2.05, 4.69) is 10.4 Å². The van der Waals surface area contributed by atoms with E-state index in [-0.39, 0.29) is 6.10 Å². The number of benzene rings is 1. The highest BCUT2D eigenvalue weighted by Gasteiger charge is 2.24. The largest absolute Gasteiger partial charge is 0.485 e. The molecule has 0 spiro atoms. The Morgan fingerprint density at radius 1 is 1.47 bits per heavy atom. The van der Waals surface area contributed by atoms with Crippen LogP contribution in [0.2, 0.25) is 0 Å². The van der Waals surface area contributed by atoms with Gasteiger partial charge in [0.2, 0.25) is 0 Å². The lowest BCUT2D eigenvalue weighted by molar-refractivity contribution is 0.132. The van der Waals surface area contributed by atoms with E-state index in [4.69, 9.17) is 15.3 Å². The van der Waals surface area contributed by atoms with E-state index in [0.29, 0.717) is 18.2 Å². The number of para-hydroxylation sites is 2. The highest BCUT2D eigenvalue weighted by atomic mass is 16.6. The van der Waals surface area contributed by atoms with Crippen LogP contribution in [0.25, 0.3) is 0 Å². The molecule has 5 nitrogen and oxygen atoms in total. The highest BCUT2D eigenvalue weighted by Crippen LogP contribution is 2.30. The molecule has 1 aromatic carbocycles. The lowest BCUT2D eigenvalue weighted by Crippen LogP contribution is -2.46. The number of rotatable bonds is 1. The summed E-state index contributed by atoms with van der Waals surface area (Å²) >= 11 is 0. The Morgan fingerprint density at radius 2 is 2.20 bits per heavy atom. The van der Waals surface area contributed by atoms with Crippen molar-refractivity contribution in [2.24, 2.45) is 10.8 Å². The minimum Gasteiger partial charge on any atom is -0.485 e. The van der Waals surface area contributed by atoms with Crippen LogP contribution >= 0.6 is 0 Å². The molecule has 0 fully saturated rings. The summed E-state index contributed by atoms with van der Waals surface area (Å²) < 4.78 is 11.2. The van der Waals surface area contributed by atoms with E-state index in [0.717, 1.165) is 5.75 Å². The molecule has 1 aliphatic heterocycles. The van der Waals surface area contributed by atoms with Gasteiger partial charge in [-0.15, -0.1) is 0 Å². The molecule has 0 amide bonds. The number of ether oxygens (including phenoxy) is 2. The third-order valence-electron chi connectivity index (χ3n) is 2.20. The molecule has 80 valence electrons. The number of aliphatic imine (C=N–C) groups is 1. The number of hydrogen-bond acceptors (Lipinski definition) is 4. The van der Waals surface area contributed by atoms with Crippen LogP contribution in [0.1, 0.15) is 0 Å². The Labute approximate surface area is 87.9 Å². The van der Waals surface area contributed by atoms with E-state index >= 15 is 0 Å². The van der Waals surface area contributed by atoms with Crippen molar-refractivity contribution in [3.05, 3.63) is 24.3 Å². The van der Waals surface area contributed by atoms with Gasteiger partial charge in [-0.05, 0) is 12.1 Å². The molecule has 3 N–H and O–H groups in total. The molecule has 5 heteroatoms. The van der Waals surface area contributed by atoms with Gasteiger partial charge in [-0.1, -0.05) is 12.1 Å². The van der Waals surface area contributed by atoms with Gasteiger partial charge in [-0.2, -0.15) is 0 Å². The summed E-state index contributed by atoms with van der Waals surface area (Å²) in [5.41, 5.74) is 2.50. The van der Waals surface area contributed by atoms with Gasteiger partial charge in [0, 0.05) is 7.05 Å². The first-order chi connectivity index (χ1) is 7.35. The predicted molar refractivity (Wildman–Crippen MR) is 57.0 cm³/mol. The maximum absolute atomic E-state index is 5.68. The van der Waals surface area contributed by atoms with E-state index in [1.807, 2.05) is 24.3 Å². The Kier molecular flexibility index (Phi) is 2.73. The monoisotopic (exact) mass is 207 g/mol. The normalized spacial score (nSPS) is 19.9. The Hall–Kier alpha value is -1.75. The molecule has 0 saturated heterocycles. The summed E-state index contributed by atoms with van der Waals surface area (Å²) in [6.07, 6.45) is -0.269. The molecular formula is C10H13N3O2. The van der Waals surface area contributed by atoms with Gasteiger partial charge >= 0.3 is 0 Å². The molecule has 1 aromatic rings.